The highest BCUT2D eigenvalue weighted by atomic mass is 32.2. The fourth-order valence-corrected chi connectivity index (χ4v) is 2.11. The molecule has 1 aromatic heterocycles. The van der Waals surface area contributed by atoms with Gasteiger partial charge in [0.05, 0.1) is 24.2 Å². The summed E-state index contributed by atoms with van der Waals surface area (Å²) in [7, 11) is -3.31. The Kier molecular flexibility index (Phi) is 3.24. The summed E-state index contributed by atoms with van der Waals surface area (Å²) in [6, 6.07) is 0. The van der Waals surface area contributed by atoms with Crippen molar-refractivity contribution >= 4 is 15.7 Å². The Bertz CT molecular complexity index is 509. The number of hydrogen-bond acceptors (Lipinski definition) is 4. The number of nitrogens with zero attached hydrogens (tertiary/aromatic N) is 1. The first-order chi connectivity index (χ1) is 7.99. The van der Waals surface area contributed by atoms with Gasteiger partial charge in [-0.05, 0) is 24.8 Å². The number of ether oxygens (including phenoxy) is 1. The third-order valence-corrected chi connectivity index (χ3v) is 3.05. The number of hydrogen-bond donors (Lipinski definition) is 1. The lowest BCUT2D eigenvalue weighted by atomic mass is 10.2. The Morgan fingerprint density at radius 2 is 2.18 bits per heavy atom. The van der Waals surface area contributed by atoms with Crippen LogP contribution in [0.1, 0.15) is 25.3 Å². The number of aromatic nitrogens is 1. The molecule has 0 aliphatic heterocycles. The van der Waals surface area contributed by atoms with Crippen molar-refractivity contribution in [3.63, 3.8) is 0 Å². The molecule has 17 heavy (non-hydrogen) atoms. The van der Waals surface area contributed by atoms with E-state index in [1.165, 1.54) is 0 Å². The Morgan fingerprint density at radius 3 is 2.71 bits per heavy atom. The Labute approximate surface area is 101 Å². The van der Waals surface area contributed by atoms with Crippen molar-refractivity contribution in [1.82, 2.24) is 4.98 Å². The van der Waals surface area contributed by atoms with Gasteiger partial charge in [-0.1, -0.05) is 6.92 Å². The van der Waals surface area contributed by atoms with Gasteiger partial charge in [0.15, 0.2) is 5.75 Å². The molecular weight excluding hydrogens is 240 g/mol. The monoisotopic (exact) mass is 256 g/mol. The molecule has 0 saturated heterocycles. The number of anilines is 1. The van der Waals surface area contributed by atoms with Crippen molar-refractivity contribution in [3.8, 4) is 5.75 Å². The molecule has 1 saturated carbocycles. The molecule has 1 fully saturated rings. The quantitative estimate of drug-likeness (QED) is 0.868. The highest BCUT2D eigenvalue weighted by Crippen LogP contribution is 2.34. The SMILES string of the molecule is CCc1cncc(OC2CC2)c1NS(C)(=O)=O. The highest BCUT2D eigenvalue weighted by molar-refractivity contribution is 7.92. The van der Waals surface area contributed by atoms with Crippen LogP contribution in [0.2, 0.25) is 0 Å². The number of rotatable bonds is 5. The molecular formula is C11H16N2O3S. The normalized spacial score (nSPS) is 15.6. The number of pyridine rings is 1. The van der Waals surface area contributed by atoms with E-state index < -0.39 is 10.0 Å². The second kappa shape index (κ2) is 4.52. The summed E-state index contributed by atoms with van der Waals surface area (Å²) in [5, 5.41) is 0. The molecule has 1 heterocycles. The molecule has 1 N–H and O–H groups in total. The van der Waals surface area contributed by atoms with Gasteiger partial charge in [-0.15, -0.1) is 0 Å². The summed E-state index contributed by atoms with van der Waals surface area (Å²) in [4.78, 5) is 4.07. The third kappa shape index (κ3) is 3.33. The van der Waals surface area contributed by atoms with E-state index in [2.05, 4.69) is 9.71 Å². The molecule has 6 heteroatoms. The molecule has 1 aliphatic carbocycles. The fraction of sp³-hybridized carbons (Fsp3) is 0.545. The van der Waals surface area contributed by atoms with Crippen LogP contribution in [0.3, 0.4) is 0 Å². The zero-order valence-electron chi connectivity index (χ0n) is 9.93. The van der Waals surface area contributed by atoms with Crippen LogP contribution in [0.15, 0.2) is 12.4 Å². The summed E-state index contributed by atoms with van der Waals surface area (Å²) >= 11 is 0. The smallest absolute Gasteiger partial charge is 0.229 e. The molecule has 1 aliphatic rings. The minimum Gasteiger partial charge on any atom is -0.487 e. The summed E-state index contributed by atoms with van der Waals surface area (Å²) in [5.74, 6) is 0.525. The molecule has 0 amide bonds. The molecule has 1 aromatic rings. The standard InChI is InChI=1S/C11H16N2O3S/c1-3-8-6-12-7-10(16-9-4-5-9)11(8)13-17(2,14)15/h6-7,9H,3-5H2,1-2H3,(H,12,13). The highest BCUT2D eigenvalue weighted by Gasteiger charge is 2.25. The van der Waals surface area contributed by atoms with Crippen LogP contribution < -0.4 is 9.46 Å². The van der Waals surface area contributed by atoms with Crippen LogP contribution in [0.5, 0.6) is 5.75 Å². The molecule has 94 valence electrons. The second-order valence-corrected chi connectivity index (χ2v) is 5.97. The van der Waals surface area contributed by atoms with Crippen LogP contribution in [-0.4, -0.2) is 25.8 Å². The zero-order valence-corrected chi connectivity index (χ0v) is 10.8. The number of aryl methyl sites for hydroxylation is 1. The largest absolute Gasteiger partial charge is 0.487 e. The van der Waals surface area contributed by atoms with Crippen LogP contribution >= 0.6 is 0 Å². The Balaban J connectivity index is 2.35. The van der Waals surface area contributed by atoms with E-state index in [1.807, 2.05) is 6.92 Å². The first-order valence-corrected chi connectivity index (χ1v) is 7.50. The van der Waals surface area contributed by atoms with Crippen LogP contribution in [0.4, 0.5) is 5.69 Å². The Morgan fingerprint density at radius 1 is 1.47 bits per heavy atom. The molecule has 0 unspecified atom stereocenters. The second-order valence-electron chi connectivity index (χ2n) is 4.22. The van der Waals surface area contributed by atoms with Gasteiger partial charge < -0.3 is 4.74 Å². The summed E-state index contributed by atoms with van der Waals surface area (Å²) in [5.41, 5.74) is 1.37. The van der Waals surface area contributed by atoms with Crippen molar-refractivity contribution in [1.29, 1.82) is 0 Å². The van der Waals surface area contributed by atoms with E-state index in [9.17, 15) is 8.42 Å². The van der Waals surface area contributed by atoms with Gasteiger partial charge in [-0.25, -0.2) is 8.42 Å². The van der Waals surface area contributed by atoms with Crippen LogP contribution in [-0.2, 0) is 16.4 Å². The third-order valence-electron chi connectivity index (χ3n) is 2.48. The van der Waals surface area contributed by atoms with Gasteiger partial charge in [-0.3, -0.25) is 9.71 Å². The predicted molar refractivity (Wildman–Crippen MR) is 65.7 cm³/mol. The molecule has 0 aromatic carbocycles. The number of sulfonamides is 1. The molecule has 5 nitrogen and oxygen atoms in total. The minimum absolute atomic E-state index is 0.212. The summed E-state index contributed by atoms with van der Waals surface area (Å²) in [6.07, 6.45) is 7.31. The first kappa shape index (κ1) is 12.2. The molecule has 0 spiro atoms. The topological polar surface area (TPSA) is 68.3 Å². The maximum Gasteiger partial charge on any atom is 0.229 e. The molecule has 2 rings (SSSR count). The molecule has 0 atom stereocenters. The zero-order chi connectivity index (χ0) is 12.5. The van der Waals surface area contributed by atoms with Crippen molar-refractivity contribution in [3.05, 3.63) is 18.0 Å². The van der Waals surface area contributed by atoms with Gasteiger partial charge >= 0.3 is 0 Å². The molecule has 0 radical (unpaired) electrons. The van der Waals surface area contributed by atoms with E-state index in [0.717, 1.165) is 24.7 Å². The average Bonchev–Trinajstić information content (AvgIpc) is 3.02. The maximum atomic E-state index is 11.3. The molecule has 0 bridgehead atoms. The average molecular weight is 256 g/mol. The van der Waals surface area contributed by atoms with E-state index in [1.54, 1.807) is 12.4 Å². The minimum atomic E-state index is -3.31. The van der Waals surface area contributed by atoms with E-state index in [-0.39, 0.29) is 6.10 Å². The fourth-order valence-electron chi connectivity index (χ4n) is 1.51. The Hall–Kier alpha value is -1.30. The van der Waals surface area contributed by atoms with Crippen molar-refractivity contribution < 1.29 is 13.2 Å². The predicted octanol–water partition coefficient (Wildman–Crippen LogP) is 1.56. The first-order valence-electron chi connectivity index (χ1n) is 5.61. The van der Waals surface area contributed by atoms with Gasteiger partial charge in [0.1, 0.15) is 0 Å². The number of nitrogens with one attached hydrogen (secondary N) is 1. The van der Waals surface area contributed by atoms with Gasteiger partial charge in [0, 0.05) is 6.20 Å². The van der Waals surface area contributed by atoms with Crippen molar-refractivity contribution in [2.24, 2.45) is 0 Å². The van der Waals surface area contributed by atoms with Crippen molar-refractivity contribution in [2.75, 3.05) is 11.0 Å². The van der Waals surface area contributed by atoms with Crippen molar-refractivity contribution in [2.45, 2.75) is 32.3 Å². The van der Waals surface area contributed by atoms with E-state index in [4.69, 9.17) is 4.74 Å². The lowest BCUT2D eigenvalue weighted by Gasteiger charge is -2.14. The summed E-state index contributed by atoms with van der Waals surface area (Å²) in [6.45, 7) is 1.95. The maximum absolute atomic E-state index is 11.3. The van der Waals surface area contributed by atoms with E-state index in [0.29, 0.717) is 17.9 Å². The lowest BCUT2D eigenvalue weighted by molar-refractivity contribution is 0.303. The summed E-state index contributed by atoms with van der Waals surface area (Å²) < 4.78 is 30.8. The van der Waals surface area contributed by atoms with Gasteiger partial charge in [0.2, 0.25) is 10.0 Å². The van der Waals surface area contributed by atoms with E-state index >= 15 is 0 Å². The van der Waals surface area contributed by atoms with Gasteiger partial charge in [-0.2, -0.15) is 0 Å². The van der Waals surface area contributed by atoms with Crippen LogP contribution in [0, 0.1) is 0 Å². The van der Waals surface area contributed by atoms with Gasteiger partial charge in [0.25, 0.3) is 0 Å². The van der Waals surface area contributed by atoms with Crippen LogP contribution in [0.25, 0.3) is 0 Å². The lowest BCUT2D eigenvalue weighted by Crippen LogP contribution is -2.13.